The van der Waals surface area contributed by atoms with E-state index < -0.39 is 22.8 Å². The van der Waals surface area contributed by atoms with E-state index in [-0.39, 0.29) is 0 Å². The Morgan fingerprint density at radius 1 is 1.20 bits per heavy atom. The molecule has 0 saturated carbocycles. The van der Waals surface area contributed by atoms with Crippen molar-refractivity contribution >= 4 is 22.6 Å². The Labute approximate surface area is 69.1 Å². The largest absolute Gasteiger partial charge is 0.358 e. The van der Waals surface area contributed by atoms with E-state index in [1.165, 1.54) is 0 Å². The molecular formula is C4H6F4IN. The van der Waals surface area contributed by atoms with Gasteiger partial charge < -0.3 is 5.73 Å². The highest BCUT2D eigenvalue weighted by Gasteiger charge is 2.53. The zero-order valence-electron chi connectivity index (χ0n) is 4.88. The monoisotopic (exact) mass is 271 g/mol. The number of hydrogen-bond donors (Lipinski definition) is 1. The first-order valence-corrected chi connectivity index (χ1v) is 3.54. The normalized spacial score (nSPS) is 13.8. The van der Waals surface area contributed by atoms with E-state index in [1.54, 1.807) is 0 Å². The van der Waals surface area contributed by atoms with Gasteiger partial charge in [0.2, 0.25) is 0 Å². The van der Waals surface area contributed by atoms with E-state index in [0.717, 1.165) is 0 Å². The van der Waals surface area contributed by atoms with Gasteiger partial charge in [0.05, 0.1) is 0 Å². The van der Waals surface area contributed by atoms with Gasteiger partial charge in [-0.1, -0.05) is 0 Å². The number of alkyl halides is 5. The highest BCUT2D eigenvalue weighted by molar-refractivity contribution is 14.1. The molecule has 0 unspecified atom stereocenters. The highest BCUT2D eigenvalue weighted by atomic mass is 127. The van der Waals surface area contributed by atoms with Crippen LogP contribution in [0.25, 0.3) is 0 Å². The summed E-state index contributed by atoms with van der Waals surface area (Å²) in [6.07, 6.45) is -0.983. The Hall–Kier alpha value is 0.410. The summed E-state index contributed by atoms with van der Waals surface area (Å²) in [4.78, 5) is 0. The predicted octanol–water partition coefficient (Wildman–Crippen LogP) is 2.00. The molecule has 0 heterocycles. The summed E-state index contributed by atoms with van der Waals surface area (Å²) in [5.41, 5.74) is 4.69. The molecule has 0 aliphatic carbocycles. The number of hydrogen-bond acceptors (Lipinski definition) is 1. The Kier molecular flexibility index (Phi) is 3.34. The van der Waals surface area contributed by atoms with Gasteiger partial charge in [-0.3, -0.25) is 0 Å². The predicted molar refractivity (Wildman–Crippen MR) is 37.6 cm³/mol. The van der Waals surface area contributed by atoms with E-state index in [0.29, 0.717) is 22.6 Å². The molecule has 0 spiro atoms. The van der Waals surface area contributed by atoms with Gasteiger partial charge in [0.1, 0.15) is 0 Å². The standard InChI is InChI=1S/C4H6F4IN/c5-3(6,1-2-10)4(7,8)9/h1-2,10H2. The Morgan fingerprint density at radius 2 is 1.60 bits per heavy atom. The quantitative estimate of drug-likeness (QED) is 0.474. The smallest absolute Gasteiger partial charge is 0.330 e. The summed E-state index contributed by atoms with van der Waals surface area (Å²) >= 11 is 0.404. The molecule has 0 saturated heterocycles. The van der Waals surface area contributed by atoms with Gasteiger partial charge in [0, 0.05) is 29.0 Å². The maximum absolute atomic E-state index is 12.1. The van der Waals surface area contributed by atoms with Gasteiger partial charge in [0.15, 0.2) is 0 Å². The van der Waals surface area contributed by atoms with E-state index >= 15 is 0 Å². The third-order valence-electron chi connectivity index (χ3n) is 0.873. The third kappa shape index (κ3) is 2.57. The van der Waals surface area contributed by atoms with Crippen LogP contribution in [0.4, 0.5) is 17.6 Å². The van der Waals surface area contributed by atoms with Crippen LogP contribution in [0.2, 0.25) is 0 Å². The number of nitrogens with two attached hydrogens (primary N) is 1. The van der Waals surface area contributed by atoms with Crippen LogP contribution < -0.4 is 5.73 Å². The van der Waals surface area contributed by atoms with Crippen molar-refractivity contribution in [2.24, 2.45) is 5.73 Å². The molecule has 1 nitrogen and oxygen atoms in total. The molecule has 0 fully saturated rings. The lowest BCUT2D eigenvalue weighted by Gasteiger charge is -2.20. The van der Waals surface area contributed by atoms with E-state index in [4.69, 9.17) is 5.73 Å². The molecule has 0 aromatic carbocycles. The minimum absolute atomic E-state index is 0.404. The summed E-state index contributed by atoms with van der Waals surface area (Å²) in [5, 5.41) is 0. The highest BCUT2D eigenvalue weighted by Crippen LogP contribution is 2.41. The van der Waals surface area contributed by atoms with E-state index in [2.05, 4.69) is 0 Å². The zero-order chi connectivity index (χ0) is 8.41. The second-order valence-corrected chi connectivity index (χ2v) is 3.10. The molecule has 62 valence electrons. The van der Waals surface area contributed by atoms with Crippen molar-refractivity contribution in [1.82, 2.24) is 0 Å². The summed E-state index contributed by atoms with van der Waals surface area (Å²) in [7, 11) is 0. The minimum atomic E-state index is -4.00. The van der Waals surface area contributed by atoms with Crippen LogP contribution in [0.1, 0.15) is 6.42 Å². The van der Waals surface area contributed by atoms with Crippen LogP contribution in [0, 0.1) is 0 Å². The van der Waals surface area contributed by atoms with Crippen molar-refractivity contribution in [1.29, 1.82) is 0 Å². The fraction of sp³-hybridized carbons (Fsp3) is 1.00. The van der Waals surface area contributed by atoms with Crippen LogP contribution >= 0.6 is 22.6 Å². The molecule has 0 atom stereocenters. The van der Waals surface area contributed by atoms with Crippen molar-refractivity contribution in [2.75, 3.05) is 6.54 Å². The molecule has 0 amide bonds. The van der Waals surface area contributed by atoms with Crippen LogP contribution in [0.15, 0.2) is 0 Å². The first-order valence-electron chi connectivity index (χ1n) is 2.46. The van der Waals surface area contributed by atoms with Gasteiger partial charge in [-0.05, 0) is 6.54 Å². The van der Waals surface area contributed by atoms with Gasteiger partial charge in [0.25, 0.3) is 0 Å². The second kappa shape index (κ2) is 3.21. The van der Waals surface area contributed by atoms with Gasteiger partial charge in [-0.25, -0.2) is 0 Å². The molecule has 0 rings (SSSR count). The first-order chi connectivity index (χ1) is 4.31. The van der Waals surface area contributed by atoms with Crippen LogP contribution in [0.3, 0.4) is 0 Å². The second-order valence-electron chi connectivity index (χ2n) is 1.74. The molecular weight excluding hydrogens is 265 g/mol. The Balaban J connectivity index is 4.10. The third-order valence-corrected chi connectivity index (χ3v) is 1.66. The van der Waals surface area contributed by atoms with E-state index in [1.807, 2.05) is 0 Å². The van der Waals surface area contributed by atoms with Crippen LogP contribution in [-0.2, 0) is 0 Å². The van der Waals surface area contributed by atoms with Crippen LogP contribution in [0.5, 0.6) is 0 Å². The van der Waals surface area contributed by atoms with Crippen molar-refractivity contribution in [3.63, 3.8) is 0 Å². The molecule has 2 N–H and O–H groups in total. The topological polar surface area (TPSA) is 26.0 Å². The van der Waals surface area contributed by atoms with Crippen molar-refractivity contribution in [2.45, 2.75) is 16.3 Å². The van der Waals surface area contributed by atoms with Crippen molar-refractivity contribution < 1.29 is 17.6 Å². The maximum Gasteiger partial charge on any atom is 0.358 e. The molecule has 0 aromatic rings. The maximum atomic E-state index is 12.1. The summed E-state index contributed by atoms with van der Waals surface area (Å²) < 4.78 is 43.9. The fourth-order valence-electron chi connectivity index (χ4n) is 0.323. The lowest BCUT2D eigenvalue weighted by Crippen LogP contribution is -2.36. The molecule has 10 heavy (non-hydrogen) atoms. The lowest BCUT2D eigenvalue weighted by molar-refractivity contribution is -0.142. The first kappa shape index (κ1) is 10.4. The average molecular weight is 271 g/mol. The minimum Gasteiger partial charge on any atom is -0.330 e. The van der Waals surface area contributed by atoms with Gasteiger partial charge in [-0.15, -0.1) is 0 Å². The zero-order valence-corrected chi connectivity index (χ0v) is 7.04. The number of rotatable bonds is 3. The molecule has 0 aromatic heterocycles. The molecule has 6 heteroatoms. The lowest BCUT2D eigenvalue weighted by atomic mass is 10.2. The summed E-state index contributed by atoms with van der Waals surface area (Å²) in [5.74, 6) is -3.98. The molecule has 0 bridgehead atoms. The molecule has 0 radical (unpaired) electrons. The molecule has 0 aliphatic rings. The Bertz CT molecular complexity index is 110. The average Bonchev–Trinajstić information content (AvgIpc) is 1.61. The number of halogens is 5. The summed E-state index contributed by atoms with van der Waals surface area (Å²) in [6.45, 7) is -0.439. The van der Waals surface area contributed by atoms with Crippen molar-refractivity contribution in [3.05, 3.63) is 0 Å². The van der Waals surface area contributed by atoms with Crippen LogP contribution in [-0.4, -0.2) is 16.4 Å². The Morgan fingerprint density at radius 3 is 1.70 bits per heavy atom. The van der Waals surface area contributed by atoms with Gasteiger partial charge in [-0.2, -0.15) is 17.6 Å². The van der Waals surface area contributed by atoms with Gasteiger partial charge >= 0.3 is 9.85 Å². The SMILES string of the molecule is NCCC(F)(F)C(F)(F)I. The summed E-state index contributed by atoms with van der Waals surface area (Å²) in [6, 6.07) is 0. The van der Waals surface area contributed by atoms with E-state index in [9.17, 15) is 17.6 Å². The molecule has 0 aliphatic heterocycles. The fourth-order valence-corrected chi connectivity index (χ4v) is 0.593. The van der Waals surface area contributed by atoms with Crippen molar-refractivity contribution in [3.8, 4) is 0 Å².